The summed E-state index contributed by atoms with van der Waals surface area (Å²) in [5.41, 5.74) is 4.97. The number of aromatic nitrogens is 2. The summed E-state index contributed by atoms with van der Waals surface area (Å²) < 4.78 is 27.1. The number of alkyl halides is 2. The second-order valence-electron chi connectivity index (χ2n) is 7.64. The predicted octanol–water partition coefficient (Wildman–Crippen LogP) is 5.11. The zero-order valence-electron chi connectivity index (χ0n) is 17.8. The lowest BCUT2D eigenvalue weighted by atomic mass is 9.84. The Balaban J connectivity index is 1.80. The first-order valence-electron chi connectivity index (χ1n) is 10.3. The minimum atomic E-state index is -2.68. The van der Waals surface area contributed by atoms with Crippen molar-refractivity contribution >= 4 is 17.2 Å². The topological polar surface area (TPSA) is 61.9 Å². The Hall–Kier alpha value is -3.31. The van der Waals surface area contributed by atoms with Crippen LogP contribution in [-0.2, 0) is 17.9 Å². The van der Waals surface area contributed by atoms with Gasteiger partial charge in [-0.2, -0.15) is 10.4 Å². The van der Waals surface area contributed by atoms with Gasteiger partial charge in [0.1, 0.15) is 10.9 Å². The standard InChI is InChI=1S/C24H22F2N4OS/c1-3-30-13-20(15(2)28-30)17-6-4-5-7-18(17)21-12-29(24(31)9-8-23(25)26)14-22-19(21)10-16(11-27)32-22/h4-10,13,21,23H,3,12,14H2,1-2H3/b9-8+/t21-/m0/s1. The first kappa shape index (κ1) is 21.9. The fourth-order valence-corrected chi connectivity index (χ4v) is 5.19. The van der Waals surface area contributed by atoms with E-state index in [1.807, 2.05) is 55.1 Å². The van der Waals surface area contributed by atoms with Gasteiger partial charge in [0.05, 0.1) is 12.2 Å². The zero-order valence-corrected chi connectivity index (χ0v) is 18.6. The predicted molar refractivity (Wildman–Crippen MR) is 120 cm³/mol. The molecule has 1 aliphatic rings. The molecule has 0 radical (unpaired) electrons. The van der Waals surface area contributed by atoms with Gasteiger partial charge in [0, 0.05) is 41.7 Å². The third-order valence-corrected chi connectivity index (χ3v) is 6.70. The average Bonchev–Trinajstić information content (AvgIpc) is 3.39. The van der Waals surface area contributed by atoms with Crippen molar-refractivity contribution in [3.8, 4) is 17.2 Å². The van der Waals surface area contributed by atoms with Crippen molar-refractivity contribution in [1.82, 2.24) is 14.7 Å². The SMILES string of the molecule is CCn1cc(-c2ccccc2[C@@H]2CN(C(=O)/C=C/C(F)F)Cc3sc(C#N)cc32)c(C)n1. The lowest BCUT2D eigenvalue weighted by Gasteiger charge is -2.33. The molecule has 4 rings (SSSR count). The number of thiophene rings is 1. The van der Waals surface area contributed by atoms with Crippen LogP contribution in [0.2, 0.25) is 0 Å². The monoisotopic (exact) mass is 452 g/mol. The normalized spacial score (nSPS) is 15.9. The van der Waals surface area contributed by atoms with Gasteiger partial charge >= 0.3 is 0 Å². The molecular weight excluding hydrogens is 430 g/mol. The van der Waals surface area contributed by atoms with E-state index < -0.39 is 12.3 Å². The third kappa shape index (κ3) is 4.21. The number of fused-ring (bicyclic) bond motifs is 1. The molecule has 8 heteroatoms. The molecule has 0 spiro atoms. The number of carbonyl (C=O) groups is 1. The van der Waals surface area contributed by atoms with Gasteiger partial charge in [-0.15, -0.1) is 11.3 Å². The van der Waals surface area contributed by atoms with Crippen molar-refractivity contribution in [2.45, 2.75) is 39.3 Å². The van der Waals surface area contributed by atoms with Gasteiger partial charge in [-0.3, -0.25) is 9.48 Å². The van der Waals surface area contributed by atoms with Crippen molar-refractivity contribution < 1.29 is 13.6 Å². The molecule has 0 unspecified atom stereocenters. The molecule has 1 atom stereocenters. The third-order valence-electron chi connectivity index (χ3n) is 5.66. The first-order valence-corrected chi connectivity index (χ1v) is 11.1. The Labute approximate surface area is 189 Å². The van der Waals surface area contributed by atoms with E-state index in [4.69, 9.17) is 0 Å². The molecule has 1 aromatic carbocycles. The largest absolute Gasteiger partial charge is 0.333 e. The lowest BCUT2D eigenvalue weighted by Crippen LogP contribution is -2.37. The van der Waals surface area contributed by atoms with E-state index >= 15 is 0 Å². The molecule has 0 aliphatic carbocycles. The fourth-order valence-electron chi connectivity index (χ4n) is 4.16. The Bertz CT molecular complexity index is 1220. The highest BCUT2D eigenvalue weighted by Gasteiger charge is 2.32. The maximum absolute atomic E-state index is 12.6. The number of carbonyl (C=O) groups excluding carboxylic acids is 1. The Morgan fingerprint density at radius 2 is 2.12 bits per heavy atom. The quantitative estimate of drug-likeness (QED) is 0.506. The fraction of sp³-hybridized carbons (Fsp3) is 0.292. The van der Waals surface area contributed by atoms with Crippen molar-refractivity contribution in [3.05, 3.63) is 75.3 Å². The number of amides is 1. The number of nitriles is 1. The molecular formula is C24H22F2N4OS. The van der Waals surface area contributed by atoms with E-state index in [2.05, 4.69) is 11.2 Å². The van der Waals surface area contributed by atoms with E-state index in [1.54, 1.807) is 4.90 Å². The van der Waals surface area contributed by atoms with Crippen LogP contribution >= 0.6 is 11.3 Å². The zero-order chi connectivity index (χ0) is 22.8. The maximum atomic E-state index is 12.6. The van der Waals surface area contributed by atoms with E-state index in [1.165, 1.54) is 11.3 Å². The van der Waals surface area contributed by atoms with E-state index in [0.29, 0.717) is 24.0 Å². The number of halogens is 2. The van der Waals surface area contributed by atoms with Crippen LogP contribution in [0.15, 0.2) is 48.7 Å². The number of aryl methyl sites for hydroxylation is 2. The van der Waals surface area contributed by atoms with Crippen LogP contribution in [0.5, 0.6) is 0 Å². The molecule has 5 nitrogen and oxygen atoms in total. The summed E-state index contributed by atoms with van der Waals surface area (Å²) in [4.78, 5) is 15.7. The van der Waals surface area contributed by atoms with Crippen LogP contribution < -0.4 is 0 Å². The number of nitrogens with zero attached hydrogens (tertiary/aromatic N) is 4. The molecule has 3 heterocycles. The van der Waals surface area contributed by atoms with E-state index in [0.717, 1.165) is 45.4 Å². The molecule has 0 saturated heterocycles. The molecule has 3 aromatic rings. The minimum Gasteiger partial charge on any atom is -0.333 e. The van der Waals surface area contributed by atoms with Crippen LogP contribution in [0.3, 0.4) is 0 Å². The van der Waals surface area contributed by atoms with Crippen LogP contribution in [0.4, 0.5) is 8.78 Å². The van der Waals surface area contributed by atoms with Crippen molar-refractivity contribution in [2.75, 3.05) is 6.54 Å². The summed E-state index contributed by atoms with van der Waals surface area (Å²) in [5.74, 6) is -0.637. The highest BCUT2D eigenvalue weighted by molar-refractivity contribution is 7.12. The molecule has 0 bridgehead atoms. The van der Waals surface area contributed by atoms with Gasteiger partial charge in [0.25, 0.3) is 6.43 Å². The first-order chi connectivity index (χ1) is 15.4. The van der Waals surface area contributed by atoms with E-state index in [-0.39, 0.29) is 5.92 Å². The van der Waals surface area contributed by atoms with Gasteiger partial charge < -0.3 is 4.90 Å². The molecule has 0 saturated carbocycles. The number of hydrogen-bond acceptors (Lipinski definition) is 4. The molecule has 1 amide bonds. The van der Waals surface area contributed by atoms with Gasteiger partial charge in [-0.1, -0.05) is 24.3 Å². The molecule has 32 heavy (non-hydrogen) atoms. The van der Waals surface area contributed by atoms with Gasteiger partial charge in [-0.25, -0.2) is 8.78 Å². The maximum Gasteiger partial charge on any atom is 0.257 e. The summed E-state index contributed by atoms with van der Waals surface area (Å²) >= 11 is 1.35. The number of rotatable bonds is 5. The molecule has 0 fully saturated rings. The number of benzene rings is 1. The van der Waals surface area contributed by atoms with Gasteiger partial charge in [0.2, 0.25) is 5.91 Å². The summed E-state index contributed by atoms with van der Waals surface area (Å²) in [6, 6.07) is 12.1. The van der Waals surface area contributed by atoms with Crippen LogP contribution in [0, 0.1) is 18.3 Å². The summed E-state index contributed by atoms with van der Waals surface area (Å²) in [6.45, 7) is 5.40. The summed E-state index contributed by atoms with van der Waals surface area (Å²) in [5, 5.41) is 14.0. The molecule has 164 valence electrons. The highest BCUT2D eigenvalue weighted by Crippen LogP contribution is 2.42. The smallest absolute Gasteiger partial charge is 0.257 e. The van der Waals surface area contributed by atoms with Crippen molar-refractivity contribution in [2.24, 2.45) is 0 Å². The highest BCUT2D eigenvalue weighted by atomic mass is 32.1. The van der Waals surface area contributed by atoms with Crippen LogP contribution in [0.25, 0.3) is 11.1 Å². The average molecular weight is 453 g/mol. The number of allylic oxidation sites excluding steroid dienone is 1. The second-order valence-corrected chi connectivity index (χ2v) is 8.77. The van der Waals surface area contributed by atoms with Crippen molar-refractivity contribution in [1.29, 1.82) is 5.26 Å². The van der Waals surface area contributed by atoms with Crippen LogP contribution in [-0.4, -0.2) is 33.6 Å². The van der Waals surface area contributed by atoms with Crippen LogP contribution in [0.1, 0.15) is 39.4 Å². The lowest BCUT2D eigenvalue weighted by molar-refractivity contribution is -0.127. The Kier molecular flexibility index (Phi) is 6.19. The molecule has 1 aliphatic heterocycles. The Morgan fingerprint density at radius 3 is 2.81 bits per heavy atom. The van der Waals surface area contributed by atoms with Crippen molar-refractivity contribution in [3.63, 3.8) is 0 Å². The minimum absolute atomic E-state index is 0.179. The molecule has 2 aromatic heterocycles. The van der Waals surface area contributed by atoms with E-state index in [9.17, 15) is 18.8 Å². The number of hydrogen-bond donors (Lipinski definition) is 0. The summed E-state index contributed by atoms with van der Waals surface area (Å²) in [7, 11) is 0. The molecule has 0 N–H and O–H groups in total. The van der Waals surface area contributed by atoms with Gasteiger partial charge in [-0.05, 0) is 42.7 Å². The second kappa shape index (κ2) is 9.05. The summed E-state index contributed by atoms with van der Waals surface area (Å²) in [6.07, 6.45) is 0.882. The Morgan fingerprint density at radius 1 is 1.34 bits per heavy atom. The van der Waals surface area contributed by atoms with Gasteiger partial charge in [0.15, 0.2) is 0 Å².